The molecule has 0 aliphatic rings. The lowest BCUT2D eigenvalue weighted by Gasteiger charge is -2.14. The highest BCUT2D eigenvalue weighted by Crippen LogP contribution is 2.17. The van der Waals surface area contributed by atoms with Crippen molar-refractivity contribution in [2.75, 3.05) is 0 Å². The number of benzene rings is 1. The molecule has 0 spiro atoms. The van der Waals surface area contributed by atoms with Gasteiger partial charge < -0.3 is 5.32 Å². The Kier molecular flexibility index (Phi) is 3.69. The van der Waals surface area contributed by atoms with Crippen LogP contribution in [0.25, 0.3) is 0 Å². The lowest BCUT2D eigenvalue weighted by molar-refractivity contribution is 0.0939. The summed E-state index contributed by atoms with van der Waals surface area (Å²) in [5, 5.41) is 7.31. The highest BCUT2D eigenvalue weighted by Gasteiger charge is 2.16. The number of rotatable bonds is 3. The third-order valence-electron chi connectivity index (χ3n) is 3.26. The average Bonchev–Trinajstić information content (AvgIpc) is 2.69. The Morgan fingerprint density at radius 1 is 1.32 bits per heavy atom. The molecular formula is C15H19N3O. The van der Waals surface area contributed by atoms with Gasteiger partial charge in [-0.05, 0) is 32.4 Å². The van der Waals surface area contributed by atoms with Gasteiger partial charge in [0.15, 0.2) is 0 Å². The molecule has 1 heterocycles. The minimum Gasteiger partial charge on any atom is -0.345 e. The fourth-order valence-corrected chi connectivity index (χ4v) is 2.22. The van der Waals surface area contributed by atoms with E-state index in [-0.39, 0.29) is 11.9 Å². The summed E-state index contributed by atoms with van der Waals surface area (Å²) in [5.41, 5.74) is 3.69. The molecule has 0 aliphatic carbocycles. The SMILES string of the molecule is Cc1ccccc1C(=O)NC(C)c1cn(C)nc1C. The van der Waals surface area contributed by atoms with Crippen LogP contribution in [-0.2, 0) is 7.05 Å². The van der Waals surface area contributed by atoms with Gasteiger partial charge in [0.25, 0.3) is 5.91 Å². The predicted octanol–water partition coefficient (Wildman–Crippen LogP) is 2.53. The third-order valence-corrected chi connectivity index (χ3v) is 3.26. The minimum atomic E-state index is -0.0548. The van der Waals surface area contributed by atoms with Crippen molar-refractivity contribution in [1.82, 2.24) is 15.1 Å². The van der Waals surface area contributed by atoms with E-state index in [0.717, 1.165) is 22.4 Å². The normalized spacial score (nSPS) is 12.2. The van der Waals surface area contributed by atoms with Crippen LogP contribution in [0.1, 0.15) is 40.1 Å². The zero-order valence-electron chi connectivity index (χ0n) is 11.8. The molecule has 1 aromatic carbocycles. The second-order valence-electron chi connectivity index (χ2n) is 4.85. The largest absolute Gasteiger partial charge is 0.345 e. The summed E-state index contributed by atoms with van der Waals surface area (Å²) < 4.78 is 1.76. The van der Waals surface area contributed by atoms with Crippen LogP contribution in [0.4, 0.5) is 0 Å². The lowest BCUT2D eigenvalue weighted by atomic mass is 10.1. The van der Waals surface area contributed by atoms with Crippen molar-refractivity contribution in [1.29, 1.82) is 0 Å². The van der Waals surface area contributed by atoms with Crippen molar-refractivity contribution in [3.05, 3.63) is 52.8 Å². The fraction of sp³-hybridized carbons (Fsp3) is 0.333. The van der Waals surface area contributed by atoms with E-state index >= 15 is 0 Å². The van der Waals surface area contributed by atoms with Gasteiger partial charge in [0.2, 0.25) is 0 Å². The number of carbonyl (C=O) groups is 1. The van der Waals surface area contributed by atoms with Gasteiger partial charge in [-0.1, -0.05) is 18.2 Å². The highest BCUT2D eigenvalue weighted by atomic mass is 16.1. The van der Waals surface area contributed by atoms with E-state index in [9.17, 15) is 4.79 Å². The summed E-state index contributed by atoms with van der Waals surface area (Å²) in [6.07, 6.45) is 1.94. The van der Waals surface area contributed by atoms with E-state index in [4.69, 9.17) is 0 Å². The maximum Gasteiger partial charge on any atom is 0.252 e. The van der Waals surface area contributed by atoms with Crippen LogP contribution < -0.4 is 5.32 Å². The third kappa shape index (κ3) is 2.84. The van der Waals surface area contributed by atoms with Gasteiger partial charge in [0.05, 0.1) is 11.7 Å². The molecule has 19 heavy (non-hydrogen) atoms. The van der Waals surface area contributed by atoms with Crippen molar-refractivity contribution in [2.45, 2.75) is 26.8 Å². The number of aromatic nitrogens is 2. The van der Waals surface area contributed by atoms with E-state index in [1.54, 1.807) is 4.68 Å². The Balaban J connectivity index is 2.15. The molecule has 0 aliphatic heterocycles. The number of carbonyl (C=O) groups excluding carboxylic acids is 1. The van der Waals surface area contributed by atoms with Gasteiger partial charge in [-0.2, -0.15) is 5.10 Å². The van der Waals surface area contributed by atoms with Crippen LogP contribution in [0.3, 0.4) is 0 Å². The second-order valence-corrected chi connectivity index (χ2v) is 4.85. The summed E-state index contributed by atoms with van der Waals surface area (Å²) in [5.74, 6) is -0.0474. The molecule has 0 fully saturated rings. The van der Waals surface area contributed by atoms with Gasteiger partial charge in [-0.3, -0.25) is 9.48 Å². The first kappa shape index (κ1) is 13.3. The van der Waals surface area contributed by atoms with Gasteiger partial charge in [0.1, 0.15) is 0 Å². The van der Waals surface area contributed by atoms with Gasteiger partial charge in [-0.15, -0.1) is 0 Å². The van der Waals surface area contributed by atoms with E-state index in [2.05, 4.69) is 10.4 Å². The second kappa shape index (κ2) is 5.26. The van der Waals surface area contributed by atoms with E-state index in [0.29, 0.717) is 0 Å². The zero-order valence-corrected chi connectivity index (χ0v) is 11.8. The molecule has 0 saturated heterocycles. The van der Waals surface area contributed by atoms with Crippen molar-refractivity contribution < 1.29 is 4.79 Å². The molecule has 1 amide bonds. The number of aryl methyl sites for hydroxylation is 3. The number of amides is 1. The van der Waals surface area contributed by atoms with Gasteiger partial charge >= 0.3 is 0 Å². The average molecular weight is 257 g/mol. The molecule has 0 radical (unpaired) electrons. The summed E-state index contributed by atoms with van der Waals surface area (Å²) >= 11 is 0. The molecule has 2 rings (SSSR count). The Morgan fingerprint density at radius 3 is 2.58 bits per heavy atom. The first-order valence-electron chi connectivity index (χ1n) is 6.35. The maximum absolute atomic E-state index is 12.2. The van der Waals surface area contributed by atoms with Crippen LogP contribution in [0.2, 0.25) is 0 Å². The molecule has 0 saturated carbocycles. The summed E-state index contributed by atoms with van der Waals surface area (Å²) in [4.78, 5) is 12.2. The molecule has 4 heteroatoms. The summed E-state index contributed by atoms with van der Waals surface area (Å²) in [6.45, 7) is 5.86. The van der Waals surface area contributed by atoms with Crippen molar-refractivity contribution in [3.63, 3.8) is 0 Å². The van der Waals surface area contributed by atoms with Crippen molar-refractivity contribution in [2.24, 2.45) is 7.05 Å². The molecule has 1 atom stereocenters. The zero-order chi connectivity index (χ0) is 14.0. The molecule has 1 aromatic heterocycles. The quantitative estimate of drug-likeness (QED) is 0.918. The van der Waals surface area contributed by atoms with Crippen molar-refractivity contribution >= 4 is 5.91 Å². The van der Waals surface area contributed by atoms with Crippen LogP contribution >= 0.6 is 0 Å². The molecule has 100 valence electrons. The standard InChI is InChI=1S/C15H19N3O/c1-10-7-5-6-8-13(10)15(19)16-11(2)14-9-18(4)17-12(14)3/h5-9,11H,1-4H3,(H,16,19). The molecule has 1 N–H and O–H groups in total. The highest BCUT2D eigenvalue weighted by molar-refractivity contribution is 5.95. The minimum absolute atomic E-state index is 0.0474. The number of nitrogens with one attached hydrogen (secondary N) is 1. The Bertz CT molecular complexity index is 601. The predicted molar refractivity (Wildman–Crippen MR) is 75.0 cm³/mol. The van der Waals surface area contributed by atoms with Gasteiger partial charge in [-0.25, -0.2) is 0 Å². The fourth-order valence-electron chi connectivity index (χ4n) is 2.22. The smallest absolute Gasteiger partial charge is 0.252 e. The number of hydrogen-bond donors (Lipinski definition) is 1. The number of hydrogen-bond acceptors (Lipinski definition) is 2. The maximum atomic E-state index is 12.2. The molecule has 2 aromatic rings. The first-order valence-corrected chi connectivity index (χ1v) is 6.35. The van der Waals surface area contributed by atoms with Crippen LogP contribution in [0, 0.1) is 13.8 Å². The summed E-state index contributed by atoms with van der Waals surface area (Å²) in [7, 11) is 1.88. The first-order chi connectivity index (χ1) is 8.99. The van der Waals surface area contributed by atoms with Crippen LogP contribution in [0.15, 0.2) is 30.5 Å². The molecule has 4 nitrogen and oxygen atoms in total. The Labute approximate surface area is 113 Å². The molecule has 0 bridgehead atoms. The van der Waals surface area contributed by atoms with Gasteiger partial charge in [0, 0.05) is 24.4 Å². The van der Waals surface area contributed by atoms with Crippen molar-refractivity contribution in [3.8, 4) is 0 Å². The molecule has 1 unspecified atom stereocenters. The lowest BCUT2D eigenvalue weighted by Crippen LogP contribution is -2.27. The molecular weight excluding hydrogens is 238 g/mol. The summed E-state index contributed by atoms with van der Waals surface area (Å²) in [6, 6.07) is 7.53. The topological polar surface area (TPSA) is 46.9 Å². The Morgan fingerprint density at radius 2 is 2.00 bits per heavy atom. The van der Waals surface area contributed by atoms with Crippen LogP contribution in [-0.4, -0.2) is 15.7 Å². The monoisotopic (exact) mass is 257 g/mol. The van der Waals surface area contributed by atoms with Crippen LogP contribution in [0.5, 0.6) is 0 Å². The Hall–Kier alpha value is -2.10. The van der Waals surface area contributed by atoms with E-state index in [1.807, 2.05) is 58.3 Å². The van der Waals surface area contributed by atoms with E-state index < -0.39 is 0 Å². The van der Waals surface area contributed by atoms with E-state index in [1.165, 1.54) is 0 Å². The number of nitrogens with zero attached hydrogens (tertiary/aromatic N) is 2.